The van der Waals surface area contributed by atoms with Crippen molar-refractivity contribution in [2.75, 3.05) is 32.6 Å². The molecular weight excluding hydrogens is 418 g/mol. The van der Waals surface area contributed by atoms with Gasteiger partial charge in [0.2, 0.25) is 15.9 Å². The van der Waals surface area contributed by atoms with Gasteiger partial charge in [-0.1, -0.05) is 0 Å². The Bertz CT molecular complexity index is 1050. The fourth-order valence-corrected chi connectivity index (χ4v) is 5.02. The van der Waals surface area contributed by atoms with E-state index in [2.05, 4.69) is 5.32 Å². The average Bonchev–Trinajstić information content (AvgIpc) is 2.75. The first-order valence-electron chi connectivity index (χ1n) is 9.24. The largest absolute Gasteiger partial charge is 0.497 e. The number of carbonyl (C=O) groups is 1. The van der Waals surface area contributed by atoms with Crippen LogP contribution in [0.2, 0.25) is 0 Å². The molecule has 30 heavy (non-hydrogen) atoms. The fraction of sp³-hybridized carbons (Fsp3) is 0.350. The van der Waals surface area contributed by atoms with Gasteiger partial charge in [-0.25, -0.2) is 17.2 Å². The number of rotatable bonds is 6. The van der Waals surface area contributed by atoms with Gasteiger partial charge in [-0.2, -0.15) is 4.31 Å². The summed E-state index contributed by atoms with van der Waals surface area (Å²) >= 11 is 0. The van der Waals surface area contributed by atoms with E-state index in [0.29, 0.717) is 18.6 Å². The van der Waals surface area contributed by atoms with Crippen LogP contribution in [0.15, 0.2) is 41.3 Å². The summed E-state index contributed by atoms with van der Waals surface area (Å²) in [7, 11) is -1.19. The second kappa shape index (κ2) is 8.97. The standard InChI is InChI=1S/C20H22F2N2O5S/c1-28-15-6-8-18(29-2)19(11-15)30(26,27)24-9-3-4-13(12-24)20(25)23-17-10-14(21)5-7-16(17)22/h5-8,10-11,13H,3-4,9,12H2,1-2H3,(H,23,25)/t13-/m1/s1. The Labute approximate surface area is 173 Å². The maximum atomic E-state index is 13.8. The van der Waals surface area contributed by atoms with Crippen LogP contribution in [0.5, 0.6) is 11.5 Å². The van der Waals surface area contributed by atoms with Gasteiger partial charge >= 0.3 is 0 Å². The smallest absolute Gasteiger partial charge is 0.246 e. The van der Waals surface area contributed by atoms with E-state index in [9.17, 15) is 22.0 Å². The number of nitrogens with zero attached hydrogens (tertiary/aromatic N) is 1. The van der Waals surface area contributed by atoms with Crippen molar-refractivity contribution in [1.82, 2.24) is 4.31 Å². The van der Waals surface area contributed by atoms with E-state index in [0.717, 1.165) is 18.2 Å². The summed E-state index contributed by atoms with van der Waals surface area (Å²) in [5.74, 6) is -2.24. The zero-order chi connectivity index (χ0) is 21.9. The number of amides is 1. The lowest BCUT2D eigenvalue weighted by atomic mass is 9.98. The van der Waals surface area contributed by atoms with Crippen LogP contribution < -0.4 is 14.8 Å². The fourth-order valence-electron chi connectivity index (χ4n) is 3.33. The zero-order valence-corrected chi connectivity index (χ0v) is 17.3. The van der Waals surface area contributed by atoms with E-state index in [4.69, 9.17) is 9.47 Å². The molecule has 1 heterocycles. The van der Waals surface area contributed by atoms with Crippen molar-refractivity contribution in [2.45, 2.75) is 17.7 Å². The number of methoxy groups -OCH3 is 2. The molecule has 2 aromatic rings. The Morgan fingerprint density at radius 2 is 1.90 bits per heavy atom. The van der Waals surface area contributed by atoms with Gasteiger partial charge in [0.25, 0.3) is 0 Å². The molecule has 0 radical (unpaired) electrons. The van der Waals surface area contributed by atoms with Crippen LogP contribution in [0.1, 0.15) is 12.8 Å². The monoisotopic (exact) mass is 440 g/mol. The molecule has 1 saturated heterocycles. The molecule has 0 bridgehead atoms. The first-order chi connectivity index (χ1) is 14.3. The molecule has 2 aromatic carbocycles. The Hall–Kier alpha value is -2.72. The highest BCUT2D eigenvalue weighted by atomic mass is 32.2. The van der Waals surface area contributed by atoms with Crippen LogP contribution in [0.3, 0.4) is 0 Å². The molecule has 162 valence electrons. The summed E-state index contributed by atoms with van der Waals surface area (Å²) in [6, 6.07) is 7.18. The second-order valence-corrected chi connectivity index (χ2v) is 8.74. The van der Waals surface area contributed by atoms with Crippen LogP contribution in [0.25, 0.3) is 0 Å². The Morgan fingerprint density at radius 1 is 1.13 bits per heavy atom. The molecule has 1 amide bonds. The number of sulfonamides is 1. The van der Waals surface area contributed by atoms with Crippen molar-refractivity contribution in [3.8, 4) is 11.5 Å². The van der Waals surface area contributed by atoms with Crippen molar-refractivity contribution in [2.24, 2.45) is 5.92 Å². The van der Waals surface area contributed by atoms with Gasteiger partial charge in [0.1, 0.15) is 28.0 Å². The average molecular weight is 440 g/mol. The van der Waals surface area contributed by atoms with Crippen LogP contribution >= 0.6 is 0 Å². The highest BCUT2D eigenvalue weighted by molar-refractivity contribution is 7.89. The van der Waals surface area contributed by atoms with Crippen LogP contribution in [-0.4, -0.2) is 45.9 Å². The lowest BCUT2D eigenvalue weighted by Gasteiger charge is -2.31. The summed E-state index contributed by atoms with van der Waals surface area (Å²) in [4.78, 5) is 12.5. The van der Waals surface area contributed by atoms with Gasteiger partial charge in [-0.15, -0.1) is 0 Å². The third-order valence-corrected chi connectivity index (χ3v) is 6.82. The molecular formula is C20H22F2N2O5S. The first kappa shape index (κ1) is 22.0. The molecule has 7 nitrogen and oxygen atoms in total. The van der Waals surface area contributed by atoms with Crippen LogP contribution in [0.4, 0.5) is 14.5 Å². The van der Waals surface area contributed by atoms with Crippen molar-refractivity contribution >= 4 is 21.6 Å². The molecule has 0 saturated carbocycles. The number of nitrogens with one attached hydrogen (secondary N) is 1. The number of hydrogen-bond acceptors (Lipinski definition) is 5. The molecule has 3 rings (SSSR count). The number of benzene rings is 2. The lowest BCUT2D eigenvalue weighted by Crippen LogP contribution is -2.43. The minimum atomic E-state index is -3.98. The van der Waals surface area contributed by atoms with Crippen LogP contribution in [-0.2, 0) is 14.8 Å². The lowest BCUT2D eigenvalue weighted by molar-refractivity contribution is -0.120. The van der Waals surface area contributed by atoms with E-state index in [-0.39, 0.29) is 29.4 Å². The van der Waals surface area contributed by atoms with Crippen LogP contribution in [0, 0.1) is 17.6 Å². The minimum Gasteiger partial charge on any atom is -0.497 e. The second-order valence-electron chi connectivity index (χ2n) is 6.83. The van der Waals surface area contributed by atoms with Gasteiger partial charge in [-0.05, 0) is 37.1 Å². The number of anilines is 1. The molecule has 1 fully saturated rings. The van der Waals surface area contributed by atoms with E-state index < -0.39 is 33.5 Å². The van der Waals surface area contributed by atoms with Crippen molar-refractivity contribution < 1.29 is 31.5 Å². The van der Waals surface area contributed by atoms with Crippen molar-refractivity contribution in [1.29, 1.82) is 0 Å². The SMILES string of the molecule is COc1ccc(OC)c(S(=O)(=O)N2CCC[C@@H](C(=O)Nc3cc(F)ccc3F)C2)c1. The molecule has 1 aliphatic rings. The molecule has 0 aromatic heterocycles. The molecule has 0 spiro atoms. The summed E-state index contributed by atoms with van der Waals surface area (Å²) in [6.07, 6.45) is 0.860. The third kappa shape index (κ3) is 4.54. The number of piperidine rings is 1. The van der Waals surface area contributed by atoms with Crippen molar-refractivity contribution in [3.63, 3.8) is 0 Å². The van der Waals surface area contributed by atoms with Gasteiger partial charge in [0, 0.05) is 25.2 Å². The quantitative estimate of drug-likeness (QED) is 0.747. The Kier molecular flexibility index (Phi) is 6.57. The number of halogens is 2. The van der Waals surface area contributed by atoms with Gasteiger partial charge < -0.3 is 14.8 Å². The molecule has 1 N–H and O–H groups in total. The predicted molar refractivity (Wildman–Crippen MR) is 106 cm³/mol. The number of ether oxygens (including phenoxy) is 2. The molecule has 1 atom stereocenters. The molecule has 10 heteroatoms. The van der Waals surface area contributed by atoms with Gasteiger partial charge in [-0.3, -0.25) is 4.79 Å². The molecule has 0 aliphatic carbocycles. The van der Waals surface area contributed by atoms with E-state index in [1.807, 2.05) is 0 Å². The predicted octanol–water partition coefficient (Wildman–Crippen LogP) is 3.02. The van der Waals surface area contributed by atoms with Gasteiger partial charge in [0.15, 0.2) is 0 Å². The minimum absolute atomic E-state index is 0.0680. The zero-order valence-electron chi connectivity index (χ0n) is 16.5. The topological polar surface area (TPSA) is 84.9 Å². The maximum absolute atomic E-state index is 13.8. The normalized spacial score (nSPS) is 17.4. The molecule has 0 unspecified atom stereocenters. The Morgan fingerprint density at radius 3 is 2.60 bits per heavy atom. The maximum Gasteiger partial charge on any atom is 0.246 e. The highest BCUT2D eigenvalue weighted by Crippen LogP contribution is 2.33. The first-order valence-corrected chi connectivity index (χ1v) is 10.7. The third-order valence-electron chi connectivity index (χ3n) is 4.93. The summed E-state index contributed by atoms with van der Waals surface area (Å²) in [6.45, 7) is 0.131. The number of carbonyl (C=O) groups excluding carboxylic acids is 1. The summed E-state index contributed by atoms with van der Waals surface area (Å²) in [5.41, 5.74) is -0.283. The highest BCUT2D eigenvalue weighted by Gasteiger charge is 2.35. The molecule has 1 aliphatic heterocycles. The summed E-state index contributed by atoms with van der Waals surface area (Å²) < 4.78 is 65.1. The van der Waals surface area contributed by atoms with E-state index in [1.165, 1.54) is 30.7 Å². The number of hydrogen-bond donors (Lipinski definition) is 1. The van der Waals surface area contributed by atoms with Crippen molar-refractivity contribution in [3.05, 3.63) is 48.0 Å². The van der Waals surface area contributed by atoms with E-state index in [1.54, 1.807) is 6.07 Å². The summed E-state index contributed by atoms with van der Waals surface area (Å²) in [5, 5.41) is 2.35. The van der Waals surface area contributed by atoms with Gasteiger partial charge in [0.05, 0.1) is 25.8 Å². The van der Waals surface area contributed by atoms with E-state index >= 15 is 0 Å². The Balaban J connectivity index is 1.81.